The van der Waals surface area contributed by atoms with Gasteiger partial charge in [-0.25, -0.2) is 0 Å². The topological polar surface area (TPSA) is 41.5 Å². The van der Waals surface area contributed by atoms with Gasteiger partial charge in [0.05, 0.1) is 7.11 Å². The maximum atomic E-state index is 9.98. The van der Waals surface area contributed by atoms with Gasteiger partial charge in [0.2, 0.25) is 0 Å². The van der Waals surface area contributed by atoms with E-state index in [0.29, 0.717) is 11.8 Å². The van der Waals surface area contributed by atoms with E-state index in [9.17, 15) is 5.11 Å². The molecule has 1 unspecified atom stereocenters. The van der Waals surface area contributed by atoms with Gasteiger partial charge in [-0.3, -0.25) is 0 Å². The SMILES string of the molecule is COc1ccc(O)c(C(C)NC2CCC(C)CC2)c1. The average molecular weight is 263 g/mol. The molecule has 0 saturated heterocycles. The molecule has 1 aliphatic carbocycles. The van der Waals surface area contributed by atoms with Crippen LogP contribution >= 0.6 is 0 Å². The van der Waals surface area contributed by atoms with Crippen molar-refractivity contribution >= 4 is 0 Å². The van der Waals surface area contributed by atoms with Crippen LogP contribution in [0.4, 0.5) is 0 Å². The largest absolute Gasteiger partial charge is 0.508 e. The Kier molecular flexibility index (Phi) is 4.70. The number of methoxy groups -OCH3 is 1. The molecule has 2 N–H and O–H groups in total. The van der Waals surface area contributed by atoms with Gasteiger partial charge in [0.1, 0.15) is 11.5 Å². The van der Waals surface area contributed by atoms with E-state index in [1.807, 2.05) is 6.07 Å². The predicted molar refractivity (Wildman–Crippen MR) is 77.6 cm³/mol. The van der Waals surface area contributed by atoms with Crippen molar-refractivity contribution in [2.45, 2.75) is 51.6 Å². The lowest BCUT2D eigenvalue weighted by Crippen LogP contribution is -2.34. The fourth-order valence-corrected chi connectivity index (χ4v) is 2.88. The number of phenolic OH excluding ortho intramolecular Hbond substituents is 1. The van der Waals surface area contributed by atoms with E-state index in [2.05, 4.69) is 19.2 Å². The molecule has 0 spiro atoms. The lowest BCUT2D eigenvalue weighted by atomic mass is 9.87. The molecule has 1 atom stereocenters. The van der Waals surface area contributed by atoms with Gasteiger partial charge < -0.3 is 15.2 Å². The second kappa shape index (κ2) is 6.29. The van der Waals surface area contributed by atoms with Crippen molar-refractivity contribution < 1.29 is 9.84 Å². The Morgan fingerprint density at radius 3 is 2.58 bits per heavy atom. The first kappa shape index (κ1) is 14.2. The first-order valence-corrected chi connectivity index (χ1v) is 7.23. The van der Waals surface area contributed by atoms with Crippen molar-refractivity contribution in [1.29, 1.82) is 0 Å². The molecule has 1 aliphatic rings. The maximum absolute atomic E-state index is 9.98. The Balaban J connectivity index is 2.01. The molecule has 106 valence electrons. The summed E-state index contributed by atoms with van der Waals surface area (Å²) < 4.78 is 5.23. The van der Waals surface area contributed by atoms with E-state index in [1.165, 1.54) is 25.7 Å². The van der Waals surface area contributed by atoms with E-state index in [1.54, 1.807) is 19.2 Å². The Bertz CT molecular complexity index is 411. The number of ether oxygens (including phenoxy) is 1. The van der Waals surface area contributed by atoms with Crippen LogP contribution in [0.15, 0.2) is 18.2 Å². The number of rotatable bonds is 4. The Labute approximate surface area is 116 Å². The van der Waals surface area contributed by atoms with Crippen molar-refractivity contribution in [2.75, 3.05) is 7.11 Å². The summed E-state index contributed by atoms with van der Waals surface area (Å²) >= 11 is 0. The molecule has 3 nitrogen and oxygen atoms in total. The smallest absolute Gasteiger partial charge is 0.120 e. The highest BCUT2D eigenvalue weighted by Gasteiger charge is 2.21. The van der Waals surface area contributed by atoms with E-state index >= 15 is 0 Å². The van der Waals surface area contributed by atoms with Gasteiger partial charge in [0.15, 0.2) is 0 Å². The van der Waals surface area contributed by atoms with Gasteiger partial charge in [0.25, 0.3) is 0 Å². The normalized spacial score (nSPS) is 25.0. The molecule has 0 heterocycles. The van der Waals surface area contributed by atoms with Gasteiger partial charge in [-0.05, 0) is 56.7 Å². The number of hydrogen-bond acceptors (Lipinski definition) is 3. The van der Waals surface area contributed by atoms with E-state index in [-0.39, 0.29) is 6.04 Å². The third kappa shape index (κ3) is 3.63. The molecule has 1 aromatic carbocycles. The zero-order valence-electron chi connectivity index (χ0n) is 12.1. The highest BCUT2D eigenvalue weighted by atomic mass is 16.5. The average Bonchev–Trinajstić information content (AvgIpc) is 2.42. The molecule has 19 heavy (non-hydrogen) atoms. The molecule has 2 rings (SSSR count). The van der Waals surface area contributed by atoms with E-state index < -0.39 is 0 Å². The van der Waals surface area contributed by atoms with Crippen LogP contribution in [0.1, 0.15) is 51.1 Å². The molecule has 0 aromatic heterocycles. The van der Waals surface area contributed by atoms with Crippen molar-refractivity contribution in [3.63, 3.8) is 0 Å². The fourth-order valence-electron chi connectivity index (χ4n) is 2.88. The lowest BCUT2D eigenvalue weighted by molar-refractivity contribution is 0.289. The van der Waals surface area contributed by atoms with Crippen LogP contribution in [-0.2, 0) is 0 Å². The van der Waals surface area contributed by atoms with Crippen LogP contribution in [0, 0.1) is 5.92 Å². The molecular formula is C16H25NO2. The molecule has 0 radical (unpaired) electrons. The number of benzene rings is 1. The second-order valence-corrected chi connectivity index (χ2v) is 5.77. The van der Waals surface area contributed by atoms with Crippen molar-refractivity contribution in [2.24, 2.45) is 5.92 Å². The number of aromatic hydroxyl groups is 1. The molecular weight excluding hydrogens is 238 g/mol. The van der Waals surface area contributed by atoms with Crippen molar-refractivity contribution in [1.82, 2.24) is 5.32 Å². The van der Waals surface area contributed by atoms with Crippen LogP contribution in [0.2, 0.25) is 0 Å². The number of phenols is 1. The van der Waals surface area contributed by atoms with Gasteiger partial charge in [-0.2, -0.15) is 0 Å². The van der Waals surface area contributed by atoms with Crippen LogP contribution in [-0.4, -0.2) is 18.3 Å². The molecule has 1 saturated carbocycles. The number of nitrogens with one attached hydrogen (secondary N) is 1. The Morgan fingerprint density at radius 1 is 1.26 bits per heavy atom. The summed E-state index contributed by atoms with van der Waals surface area (Å²) in [5.41, 5.74) is 0.915. The third-order valence-corrected chi connectivity index (χ3v) is 4.20. The quantitative estimate of drug-likeness (QED) is 0.871. The molecule has 1 fully saturated rings. The summed E-state index contributed by atoms with van der Waals surface area (Å²) in [6, 6.07) is 6.12. The Hall–Kier alpha value is -1.22. The first-order chi connectivity index (χ1) is 9.10. The molecule has 1 aromatic rings. The van der Waals surface area contributed by atoms with Crippen LogP contribution in [0.25, 0.3) is 0 Å². The van der Waals surface area contributed by atoms with Gasteiger partial charge in [0, 0.05) is 17.6 Å². The molecule has 0 bridgehead atoms. The highest BCUT2D eigenvalue weighted by molar-refractivity contribution is 5.41. The van der Waals surface area contributed by atoms with E-state index in [4.69, 9.17) is 4.74 Å². The van der Waals surface area contributed by atoms with Crippen molar-refractivity contribution in [3.8, 4) is 11.5 Å². The van der Waals surface area contributed by atoms with Gasteiger partial charge in [-0.15, -0.1) is 0 Å². The molecule has 3 heteroatoms. The summed E-state index contributed by atoms with van der Waals surface area (Å²) in [5, 5.41) is 13.6. The predicted octanol–water partition coefficient (Wildman–Crippen LogP) is 3.63. The zero-order chi connectivity index (χ0) is 13.8. The van der Waals surface area contributed by atoms with Crippen LogP contribution < -0.4 is 10.1 Å². The monoisotopic (exact) mass is 263 g/mol. The van der Waals surface area contributed by atoms with Crippen molar-refractivity contribution in [3.05, 3.63) is 23.8 Å². The minimum Gasteiger partial charge on any atom is -0.508 e. The van der Waals surface area contributed by atoms with Gasteiger partial charge >= 0.3 is 0 Å². The maximum Gasteiger partial charge on any atom is 0.120 e. The number of hydrogen-bond donors (Lipinski definition) is 2. The third-order valence-electron chi connectivity index (χ3n) is 4.20. The standard InChI is InChI=1S/C16H25NO2/c1-11-4-6-13(7-5-11)17-12(2)15-10-14(19-3)8-9-16(15)18/h8-13,17-18H,4-7H2,1-3H3. The van der Waals surface area contributed by atoms with Crippen LogP contribution in [0.5, 0.6) is 11.5 Å². The van der Waals surface area contributed by atoms with Crippen LogP contribution in [0.3, 0.4) is 0 Å². The fraction of sp³-hybridized carbons (Fsp3) is 0.625. The van der Waals surface area contributed by atoms with E-state index in [0.717, 1.165) is 17.2 Å². The van der Waals surface area contributed by atoms with Gasteiger partial charge in [-0.1, -0.05) is 6.92 Å². The Morgan fingerprint density at radius 2 is 1.95 bits per heavy atom. The molecule has 0 aliphatic heterocycles. The second-order valence-electron chi connectivity index (χ2n) is 5.77. The highest BCUT2D eigenvalue weighted by Crippen LogP contribution is 2.30. The zero-order valence-corrected chi connectivity index (χ0v) is 12.1. The first-order valence-electron chi connectivity index (χ1n) is 7.23. The summed E-state index contributed by atoms with van der Waals surface area (Å²) in [5.74, 6) is 1.99. The summed E-state index contributed by atoms with van der Waals surface area (Å²) in [4.78, 5) is 0. The summed E-state index contributed by atoms with van der Waals surface area (Å²) in [6.07, 6.45) is 5.06. The lowest BCUT2D eigenvalue weighted by Gasteiger charge is -2.30. The summed E-state index contributed by atoms with van der Waals surface area (Å²) in [7, 11) is 1.65. The summed E-state index contributed by atoms with van der Waals surface area (Å²) in [6.45, 7) is 4.43. The minimum atomic E-state index is 0.147. The molecule has 0 amide bonds. The minimum absolute atomic E-state index is 0.147.